The van der Waals surface area contributed by atoms with Crippen LogP contribution in [-0.4, -0.2) is 36.0 Å². The van der Waals surface area contributed by atoms with E-state index in [-0.39, 0.29) is 11.7 Å². The minimum atomic E-state index is -0.0847. The van der Waals surface area contributed by atoms with Gasteiger partial charge in [-0.1, -0.05) is 17.8 Å². The first-order valence-corrected chi connectivity index (χ1v) is 10.1. The van der Waals surface area contributed by atoms with Crippen LogP contribution in [0.4, 0.5) is 5.69 Å². The number of aryl methyl sites for hydroxylation is 2. The number of carbonyl (C=O) groups is 1. The third-order valence-electron chi connectivity index (χ3n) is 4.26. The summed E-state index contributed by atoms with van der Waals surface area (Å²) >= 11 is 1.41. The van der Waals surface area contributed by atoms with Gasteiger partial charge in [0.1, 0.15) is 12.7 Å². The molecule has 146 valence electrons. The van der Waals surface area contributed by atoms with Crippen LogP contribution in [0.15, 0.2) is 72.7 Å². The number of hydrogen-bond donors (Lipinski definition) is 1. The van der Waals surface area contributed by atoms with Gasteiger partial charge in [-0.2, -0.15) is 5.10 Å². The van der Waals surface area contributed by atoms with Crippen molar-refractivity contribution < 1.29 is 4.79 Å². The minimum absolute atomic E-state index is 0.0847. The maximum Gasteiger partial charge on any atom is 0.234 e. The van der Waals surface area contributed by atoms with Crippen molar-refractivity contribution in [2.45, 2.75) is 19.0 Å². The molecule has 0 unspecified atom stereocenters. The number of aromatic nitrogens is 5. The molecule has 2 aromatic heterocycles. The molecular weight excluding hydrogens is 384 g/mol. The van der Waals surface area contributed by atoms with E-state index in [2.05, 4.69) is 52.4 Å². The Morgan fingerprint density at radius 1 is 1.07 bits per heavy atom. The number of thioether (sulfide) groups is 1. The van der Waals surface area contributed by atoms with Crippen LogP contribution in [0.3, 0.4) is 0 Å². The third kappa shape index (κ3) is 4.55. The Hall–Kier alpha value is -3.39. The zero-order valence-electron chi connectivity index (χ0n) is 16.1. The van der Waals surface area contributed by atoms with E-state index in [0.717, 1.165) is 22.2 Å². The van der Waals surface area contributed by atoms with Gasteiger partial charge in [0.2, 0.25) is 5.91 Å². The summed E-state index contributed by atoms with van der Waals surface area (Å²) in [5, 5.41) is 7.78. The van der Waals surface area contributed by atoms with Crippen molar-refractivity contribution in [1.82, 2.24) is 24.3 Å². The molecule has 0 fully saturated rings. The standard InChI is InChI=1S/C21H20N6OS/c1-15-9-16(2)11-19(10-15)26-8-7-23-21(26)29-12-20(28)25-17-3-5-18(6-4-17)27-14-22-13-24-27/h3-11,13-14H,12H2,1-2H3,(H,25,28). The normalized spacial score (nSPS) is 10.8. The molecular formula is C21H20N6OS. The number of imidazole rings is 1. The predicted octanol–water partition coefficient (Wildman–Crippen LogP) is 3.80. The van der Waals surface area contributed by atoms with Gasteiger partial charge in [-0.15, -0.1) is 0 Å². The van der Waals surface area contributed by atoms with Crippen molar-refractivity contribution in [3.05, 3.63) is 78.6 Å². The van der Waals surface area contributed by atoms with E-state index in [1.807, 2.05) is 35.0 Å². The summed E-state index contributed by atoms with van der Waals surface area (Å²) in [6, 6.07) is 13.8. The molecule has 0 aliphatic carbocycles. The van der Waals surface area contributed by atoms with Crippen LogP contribution in [0, 0.1) is 13.8 Å². The number of benzene rings is 2. The average Bonchev–Trinajstić information content (AvgIpc) is 3.38. The lowest BCUT2D eigenvalue weighted by molar-refractivity contribution is -0.113. The SMILES string of the molecule is Cc1cc(C)cc(-n2ccnc2SCC(=O)Nc2ccc(-n3cncn3)cc2)c1. The van der Waals surface area contributed by atoms with E-state index in [1.165, 1.54) is 29.2 Å². The van der Waals surface area contributed by atoms with Crippen LogP contribution in [0.2, 0.25) is 0 Å². The second-order valence-electron chi connectivity index (χ2n) is 6.65. The van der Waals surface area contributed by atoms with Crippen LogP contribution in [-0.2, 0) is 4.79 Å². The van der Waals surface area contributed by atoms with E-state index in [0.29, 0.717) is 0 Å². The summed E-state index contributed by atoms with van der Waals surface area (Å²) < 4.78 is 3.67. The summed E-state index contributed by atoms with van der Waals surface area (Å²) in [5.41, 5.74) is 5.04. The number of nitrogens with zero attached hydrogens (tertiary/aromatic N) is 5. The largest absolute Gasteiger partial charge is 0.325 e. The molecule has 29 heavy (non-hydrogen) atoms. The molecule has 0 aliphatic heterocycles. The summed E-state index contributed by atoms with van der Waals surface area (Å²) in [7, 11) is 0. The molecule has 0 bridgehead atoms. The topological polar surface area (TPSA) is 77.6 Å². The highest BCUT2D eigenvalue weighted by Crippen LogP contribution is 2.22. The monoisotopic (exact) mass is 404 g/mol. The Labute approximate surface area is 172 Å². The van der Waals surface area contributed by atoms with Crippen molar-refractivity contribution in [1.29, 1.82) is 0 Å². The summed E-state index contributed by atoms with van der Waals surface area (Å²) in [4.78, 5) is 20.7. The van der Waals surface area contributed by atoms with Crippen molar-refractivity contribution in [2.75, 3.05) is 11.1 Å². The predicted molar refractivity (Wildman–Crippen MR) is 114 cm³/mol. The lowest BCUT2D eigenvalue weighted by Gasteiger charge is -2.10. The van der Waals surface area contributed by atoms with E-state index < -0.39 is 0 Å². The minimum Gasteiger partial charge on any atom is -0.325 e. The second kappa shape index (κ2) is 8.32. The fourth-order valence-electron chi connectivity index (χ4n) is 3.05. The zero-order chi connectivity index (χ0) is 20.2. The van der Waals surface area contributed by atoms with Gasteiger partial charge < -0.3 is 5.32 Å². The van der Waals surface area contributed by atoms with Gasteiger partial charge in [0.05, 0.1) is 11.4 Å². The summed E-state index contributed by atoms with van der Waals surface area (Å²) in [6.45, 7) is 4.14. The van der Waals surface area contributed by atoms with Crippen LogP contribution in [0.1, 0.15) is 11.1 Å². The van der Waals surface area contributed by atoms with Crippen molar-refractivity contribution in [2.24, 2.45) is 0 Å². The molecule has 0 aliphatic rings. The summed E-state index contributed by atoms with van der Waals surface area (Å²) in [6.07, 6.45) is 6.77. The lowest BCUT2D eigenvalue weighted by atomic mass is 10.1. The van der Waals surface area contributed by atoms with E-state index in [1.54, 1.807) is 17.2 Å². The van der Waals surface area contributed by atoms with Crippen LogP contribution in [0.25, 0.3) is 11.4 Å². The van der Waals surface area contributed by atoms with Crippen molar-refractivity contribution in [3.8, 4) is 11.4 Å². The highest BCUT2D eigenvalue weighted by molar-refractivity contribution is 7.99. The van der Waals surface area contributed by atoms with E-state index in [4.69, 9.17) is 0 Å². The van der Waals surface area contributed by atoms with Crippen molar-refractivity contribution >= 4 is 23.4 Å². The first-order chi connectivity index (χ1) is 14.1. The number of carbonyl (C=O) groups excluding carboxylic acids is 1. The molecule has 8 heteroatoms. The Bertz CT molecular complexity index is 1100. The maximum absolute atomic E-state index is 12.4. The van der Waals surface area contributed by atoms with E-state index >= 15 is 0 Å². The molecule has 0 radical (unpaired) electrons. The van der Waals surface area contributed by atoms with Gasteiger partial charge in [0, 0.05) is 23.8 Å². The van der Waals surface area contributed by atoms with Crippen LogP contribution < -0.4 is 5.32 Å². The van der Waals surface area contributed by atoms with Crippen LogP contribution in [0.5, 0.6) is 0 Å². The van der Waals surface area contributed by atoms with Gasteiger partial charge >= 0.3 is 0 Å². The molecule has 1 N–H and O–H groups in total. The first kappa shape index (κ1) is 18.9. The molecule has 2 aromatic carbocycles. The Kier molecular flexibility index (Phi) is 5.44. The van der Waals surface area contributed by atoms with Gasteiger partial charge in [0.25, 0.3) is 0 Å². The lowest BCUT2D eigenvalue weighted by Crippen LogP contribution is -2.14. The fraction of sp³-hybridized carbons (Fsp3) is 0.143. The average molecular weight is 404 g/mol. The third-order valence-corrected chi connectivity index (χ3v) is 5.22. The number of nitrogens with one attached hydrogen (secondary N) is 1. The Morgan fingerprint density at radius 2 is 1.83 bits per heavy atom. The van der Waals surface area contributed by atoms with Gasteiger partial charge in [0.15, 0.2) is 5.16 Å². The molecule has 1 amide bonds. The Morgan fingerprint density at radius 3 is 2.52 bits per heavy atom. The van der Waals surface area contributed by atoms with Gasteiger partial charge in [-0.3, -0.25) is 9.36 Å². The number of anilines is 1. The van der Waals surface area contributed by atoms with E-state index in [9.17, 15) is 4.79 Å². The van der Waals surface area contributed by atoms with Crippen LogP contribution >= 0.6 is 11.8 Å². The Balaban J connectivity index is 1.39. The van der Waals surface area contributed by atoms with Crippen molar-refractivity contribution in [3.63, 3.8) is 0 Å². The molecule has 4 rings (SSSR count). The molecule has 0 atom stereocenters. The first-order valence-electron chi connectivity index (χ1n) is 9.08. The zero-order valence-corrected chi connectivity index (χ0v) is 16.9. The molecule has 0 spiro atoms. The number of hydrogen-bond acceptors (Lipinski definition) is 5. The molecule has 4 aromatic rings. The number of rotatable bonds is 6. The van der Waals surface area contributed by atoms with Gasteiger partial charge in [-0.05, 0) is 61.4 Å². The second-order valence-corrected chi connectivity index (χ2v) is 7.59. The summed E-state index contributed by atoms with van der Waals surface area (Å²) in [5.74, 6) is 0.186. The molecule has 2 heterocycles. The fourth-order valence-corrected chi connectivity index (χ4v) is 3.82. The maximum atomic E-state index is 12.4. The highest BCUT2D eigenvalue weighted by Gasteiger charge is 2.10. The molecule has 0 saturated carbocycles. The quantitative estimate of drug-likeness (QED) is 0.495. The molecule has 7 nitrogen and oxygen atoms in total. The molecule has 0 saturated heterocycles. The highest BCUT2D eigenvalue weighted by atomic mass is 32.2. The number of amides is 1. The van der Waals surface area contributed by atoms with Gasteiger partial charge in [-0.25, -0.2) is 14.6 Å². The smallest absolute Gasteiger partial charge is 0.234 e.